The number of nitrogens with zero attached hydrogens (tertiary/aromatic N) is 6. The van der Waals surface area contributed by atoms with Crippen LogP contribution in [-0.4, -0.2) is 61.1 Å². The van der Waals surface area contributed by atoms with Crippen LogP contribution < -0.4 is 0 Å². The van der Waals surface area contributed by atoms with Crippen molar-refractivity contribution in [1.29, 1.82) is 0 Å². The smallest absolute Gasteiger partial charge is 0.270 e. The number of hydrogen-bond donors (Lipinski definition) is 0. The average molecular weight is 591 g/mol. The third-order valence-electron chi connectivity index (χ3n) is 8.11. The van der Waals surface area contributed by atoms with Crippen LogP contribution in [-0.2, 0) is 6.54 Å². The second-order valence-electron chi connectivity index (χ2n) is 11.1. The topological polar surface area (TPSA) is 127 Å². The molecule has 0 bridgehead atoms. The molecule has 3 aromatic carbocycles. The van der Waals surface area contributed by atoms with Crippen molar-refractivity contribution < 1.29 is 14.6 Å². The molecule has 6 rings (SSSR count). The summed E-state index contributed by atoms with van der Waals surface area (Å²) in [5.74, 6) is -0.229. The second-order valence-corrected chi connectivity index (χ2v) is 11.1. The minimum atomic E-state index is -0.501. The number of non-ortho nitro benzene ring substituents is 2. The van der Waals surface area contributed by atoms with Crippen molar-refractivity contribution in [3.63, 3.8) is 0 Å². The van der Waals surface area contributed by atoms with Gasteiger partial charge in [0, 0.05) is 74.3 Å². The zero-order valence-electron chi connectivity index (χ0n) is 24.3. The molecule has 1 amide bonds. The van der Waals surface area contributed by atoms with Crippen LogP contribution in [0.5, 0.6) is 0 Å². The maximum Gasteiger partial charge on any atom is 0.270 e. The van der Waals surface area contributed by atoms with E-state index in [1.54, 1.807) is 23.1 Å². The number of aromatic nitrogens is 2. The summed E-state index contributed by atoms with van der Waals surface area (Å²) in [6.07, 6.45) is 2.09. The predicted molar refractivity (Wildman–Crippen MR) is 166 cm³/mol. The largest absolute Gasteiger partial charge is 0.336 e. The number of carbonyl (C=O) groups is 1. The number of pyridine rings is 1. The number of piperazine rings is 1. The Bertz CT molecular complexity index is 1910. The number of rotatable bonds is 7. The van der Waals surface area contributed by atoms with Crippen molar-refractivity contribution in [3.8, 4) is 22.4 Å². The van der Waals surface area contributed by atoms with E-state index in [1.807, 2.05) is 6.07 Å². The molecule has 1 saturated heterocycles. The number of carbonyl (C=O) groups excluding carboxylic acids is 1. The Kier molecular flexibility index (Phi) is 7.62. The minimum Gasteiger partial charge on any atom is -0.336 e. The van der Waals surface area contributed by atoms with Crippen LogP contribution in [0.25, 0.3) is 28.0 Å². The number of amides is 1. The van der Waals surface area contributed by atoms with E-state index in [2.05, 4.69) is 53.6 Å². The van der Waals surface area contributed by atoms with Crippen molar-refractivity contribution >= 4 is 22.9 Å². The fourth-order valence-corrected chi connectivity index (χ4v) is 5.68. The van der Waals surface area contributed by atoms with E-state index in [1.165, 1.54) is 35.9 Å². The highest BCUT2D eigenvalue weighted by Gasteiger charge is 2.26. The number of benzene rings is 3. The van der Waals surface area contributed by atoms with Gasteiger partial charge in [0.1, 0.15) is 5.65 Å². The van der Waals surface area contributed by atoms with Crippen LogP contribution in [0.2, 0.25) is 0 Å². The molecule has 2 aromatic heterocycles. The molecule has 5 aromatic rings. The van der Waals surface area contributed by atoms with Gasteiger partial charge < -0.3 is 9.30 Å². The summed E-state index contributed by atoms with van der Waals surface area (Å²) in [4.78, 5) is 43.6. The molecule has 0 spiro atoms. The highest BCUT2D eigenvalue weighted by molar-refractivity contribution is 5.95. The van der Waals surface area contributed by atoms with Gasteiger partial charge in [0.05, 0.1) is 21.2 Å². The lowest BCUT2D eigenvalue weighted by molar-refractivity contribution is -0.385. The van der Waals surface area contributed by atoms with Gasteiger partial charge in [0.25, 0.3) is 17.3 Å². The molecule has 0 radical (unpaired) electrons. The monoisotopic (exact) mass is 590 g/mol. The van der Waals surface area contributed by atoms with Crippen molar-refractivity contribution in [2.75, 3.05) is 26.2 Å². The summed E-state index contributed by atoms with van der Waals surface area (Å²) in [6.45, 7) is 6.85. The van der Waals surface area contributed by atoms with E-state index in [0.29, 0.717) is 38.3 Å². The Labute approximate surface area is 253 Å². The first-order valence-electron chi connectivity index (χ1n) is 14.3. The van der Waals surface area contributed by atoms with Gasteiger partial charge in [-0.1, -0.05) is 29.8 Å². The number of imidazole rings is 1. The first-order chi connectivity index (χ1) is 21.2. The van der Waals surface area contributed by atoms with E-state index in [-0.39, 0.29) is 17.3 Å². The summed E-state index contributed by atoms with van der Waals surface area (Å²) in [5, 5.41) is 22.5. The Morgan fingerprint density at radius 1 is 0.818 bits per heavy atom. The van der Waals surface area contributed by atoms with Gasteiger partial charge in [-0.05, 0) is 60.9 Å². The summed E-state index contributed by atoms with van der Waals surface area (Å²) in [5.41, 5.74) is 7.96. The zero-order valence-corrected chi connectivity index (χ0v) is 24.3. The first kappa shape index (κ1) is 28.7. The molecule has 1 fully saturated rings. The number of nitro benzene ring substituents is 2. The van der Waals surface area contributed by atoms with Gasteiger partial charge in [-0.3, -0.25) is 29.9 Å². The molecule has 0 saturated carbocycles. The molecule has 0 atom stereocenters. The van der Waals surface area contributed by atoms with Crippen LogP contribution in [0, 0.1) is 34.1 Å². The molecular weight excluding hydrogens is 560 g/mol. The fraction of sp³-hybridized carbons (Fsp3) is 0.212. The predicted octanol–water partition coefficient (Wildman–Crippen LogP) is 6.06. The summed E-state index contributed by atoms with van der Waals surface area (Å²) in [7, 11) is 0. The molecule has 1 aliphatic heterocycles. The quantitative estimate of drug-likeness (QED) is 0.167. The normalized spacial score (nSPS) is 13.7. The number of fused-ring (bicyclic) bond motifs is 1. The SMILES string of the molecule is Cc1ccc(C)c(-c2ccc3nc(-c4ccc([N+](=O)[O-])cc4)c(CN4CCN(C(=O)c5cccc([N+](=O)[O-])c5)CC4)n3c2)c1. The highest BCUT2D eigenvalue weighted by Crippen LogP contribution is 2.31. The third-order valence-corrected chi connectivity index (χ3v) is 8.11. The van der Waals surface area contributed by atoms with Crippen molar-refractivity contribution in [1.82, 2.24) is 19.2 Å². The molecule has 44 heavy (non-hydrogen) atoms. The van der Waals surface area contributed by atoms with Gasteiger partial charge in [-0.2, -0.15) is 0 Å². The van der Waals surface area contributed by atoms with Gasteiger partial charge in [-0.25, -0.2) is 4.98 Å². The number of aryl methyl sites for hydroxylation is 2. The lowest BCUT2D eigenvalue weighted by Gasteiger charge is -2.34. The summed E-state index contributed by atoms with van der Waals surface area (Å²) >= 11 is 0. The van der Waals surface area contributed by atoms with E-state index >= 15 is 0 Å². The van der Waals surface area contributed by atoms with Crippen LogP contribution in [0.3, 0.4) is 0 Å². The van der Waals surface area contributed by atoms with E-state index in [9.17, 15) is 25.0 Å². The molecule has 0 N–H and O–H groups in total. The Balaban J connectivity index is 1.31. The summed E-state index contributed by atoms with van der Waals surface area (Å²) < 4.78 is 2.09. The fourth-order valence-electron chi connectivity index (χ4n) is 5.68. The number of hydrogen-bond acceptors (Lipinski definition) is 7. The Morgan fingerprint density at radius 3 is 2.23 bits per heavy atom. The lowest BCUT2D eigenvalue weighted by atomic mass is 10.00. The van der Waals surface area contributed by atoms with Gasteiger partial charge in [0.2, 0.25) is 0 Å². The standard InChI is InChI=1S/C33H30N6O5/c1-22-6-7-23(2)29(18-22)26-10-13-31-34-32(24-8-11-27(12-9-24)38(41)42)30(37(31)20-26)21-35-14-16-36(17-15-35)33(40)25-4-3-5-28(19-25)39(43)44/h3-13,18-20H,14-17,21H2,1-2H3. The van der Waals surface area contributed by atoms with Crippen LogP contribution in [0.4, 0.5) is 11.4 Å². The van der Waals surface area contributed by atoms with Gasteiger partial charge in [-0.15, -0.1) is 0 Å². The molecule has 0 aliphatic carbocycles. The molecule has 0 unspecified atom stereocenters. The Morgan fingerprint density at radius 2 is 1.52 bits per heavy atom. The molecular formula is C33H30N6O5. The maximum atomic E-state index is 13.1. The van der Waals surface area contributed by atoms with E-state index in [4.69, 9.17) is 4.98 Å². The average Bonchev–Trinajstić information content (AvgIpc) is 3.39. The third kappa shape index (κ3) is 5.64. The molecule has 222 valence electrons. The summed E-state index contributed by atoms with van der Waals surface area (Å²) in [6, 6.07) is 22.7. The zero-order chi connectivity index (χ0) is 31.0. The number of nitro groups is 2. The van der Waals surface area contributed by atoms with Crippen LogP contribution >= 0.6 is 0 Å². The van der Waals surface area contributed by atoms with Gasteiger partial charge >= 0.3 is 0 Å². The van der Waals surface area contributed by atoms with Crippen molar-refractivity contribution in [3.05, 3.63) is 128 Å². The van der Waals surface area contributed by atoms with Crippen LogP contribution in [0.15, 0.2) is 85.1 Å². The van der Waals surface area contributed by atoms with Gasteiger partial charge in [0.15, 0.2) is 0 Å². The lowest BCUT2D eigenvalue weighted by Crippen LogP contribution is -2.48. The first-order valence-corrected chi connectivity index (χ1v) is 14.3. The second kappa shape index (κ2) is 11.7. The van der Waals surface area contributed by atoms with Crippen molar-refractivity contribution in [2.45, 2.75) is 20.4 Å². The van der Waals surface area contributed by atoms with Crippen molar-refractivity contribution in [2.24, 2.45) is 0 Å². The molecule has 11 heteroatoms. The minimum absolute atomic E-state index is 0.0146. The Hall–Kier alpha value is -5.42. The van der Waals surface area contributed by atoms with Crippen LogP contribution in [0.1, 0.15) is 27.2 Å². The maximum absolute atomic E-state index is 13.1. The molecule has 11 nitrogen and oxygen atoms in total. The molecule has 3 heterocycles. The van der Waals surface area contributed by atoms with E-state index in [0.717, 1.165) is 39.3 Å². The molecule has 1 aliphatic rings. The highest BCUT2D eigenvalue weighted by atomic mass is 16.6. The van der Waals surface area contributed by atoms with E-state index < -0.39 is 9.85 Å².